The van der Waals surface area contributed by atoms with Crippen LogP contribution in [-0.4, -0.2) is 212 Å². The molecule has 147 heavy (non-hydrogen) atoms. The maximum atomic E-state index is 14.0. The molecule has 9 atom stereocenters. The number of fused-ring (bicyclic) bond motifs is 15. The van der Waals surface area contributed by atoms with Crippen LogP contribution in [0.15, 0.2) is 200 Å². The predicted molar refractivity (Wildman–Crippen MR) is 540 cm³/mol. The van der Waals surface area contributed by atoms with Crippen LogP contribution in [0.1, 0.15) is 171 Å². The van der Waals surface area contributed by atoms with Crippen molar-refractivity contribution in [3.05, 3.63) is 250 Å². The van der Waals surface area contributed by atoms with Crippen LogP contribution in [-0.2, 0) is 120 Å². The van der Waals surface area contributed by atoms with Crippen molar-refractivity contribution in [2.24, 2.45) is 17.8 Å². The monoisotopic (exact) mass is 2090 g/mol. The lowest BCUT2D eigenvalue weighted by Gasteiger charge is -2.29. The number of nitrogens with one attached hydrogen (secondary N) is 4. The number of phenolic OH excluding ortho intramolecular Hbond substituents is 4. The number of ketones is 3. The molecule has 9 aromatic rings. The van der Waals surface area contributed by atoms with Gasteiger partial charge < -0.3 is 94.2 Å². The van der Waals surface area contributed by atoms with Gasteiger partial charge in [-0.05, 0) is 185 Å². The number of alkyl halides is 1. The molecule has 12 bridgehead atoms. The van der Waals surface area contributed by atoms with Crippen molar-refractivity contribution in [2.45, 2.75) is 194 Å². The van der Waals surface area contributed by atoms with Crippen LogP contribution in [0.2, 0.25) is 0 Å². The summed E-state index contributed by atoms with van der Waals surface area (Å²) in [6.07, 6.45) is -5.76. The van der Waals surface area contributed by atoms with Gasteiger partial charge in [0.2, 0.25) is 17.7 Å². The number of halogens is 1. The summed E-state index contributed by atoms with van der Waals surface area (Å²) in [6.45, 7) is 20.6. The lowest BCUT2D eigenvalue weighted by atomic mass is 9.90. The van der Waals surface area contributed by atoms with E-state index in [1.54, 1.807) is 152 Å². The van der Waals surface area contributed by atoms with E-state index < -0.39 is 154 Å². The van der Waals surface area contributed by atoms with Gasteiger partial charge in [0, 0.05) is 123 Å². The lowest BCUT2D eigenvalue weighted by Crippen LogP contribution is -2.46. The number of aliphatic carboxylic acids is 1. The number of carbonyl (C=O) groups is 15. The minimum atomic E-state index is -1.29. The summed E-state index contributed by atoms with van der Waals surface area (Å²) in [5.74, 6) is -9.44. The highest BCUT2D eigenvalue weighted by atomic mass is 79.9. The molecule has 0 fully saturated rings. The molecule has 37 nitrogen and oxygen atoms in total. The van der Waals surface area contributed by atoms with Crippen molar-refractivity contribution < 1.29 is 145 Å². The minimum Gasteiger partial charge on any atom is -0.507 e. The first-order chi connectivity index (χ1) is 69.3. The number of Topliss-reactive ketones (excluding diaryl/α,β-unsaturated/α-hetero) is 3. The average molecular weight is 2090 g/mol. The number of ether oxygens (including phenoxy) is 10. The second kappa shape index (κ2) is 52.1. The quantitative estimate of drug-likeness (QED) is 0.0188. The molecule has 0 saturated heterocycles. The number of phenols is 4. The lowest BCUT2D eigenvalue weighted by molar-refractivity contribution is -0.146. The third kappa shape index (κ3) is 33.6. The Hall–Kier alpha value is -15.9. The molecule has 0 aromatic heterocycles. The fourth-order valence-electron chi connectivity index (χ4n) is 15.6. The summed E-state index contributed by atoms with van der Waals surface area (Å²) in [7, 11) is 6.59. The Labute approximate surface area is 859 Å². The number of carboxylic acids is 1. The van der Waals surface area contributed by atoms with Crippen LogP contribution in [0, 0.1) is 17.8 Å². The minimum absolute atomic E-state index is 0.000705. The predicted octanol–water partition coefficient (Wildman–Crippen LogP) is 16.7. The van der Waals surface area contributed by atoms with Gasteiger partial charge >= 0.3 is 54.6 Å². The van der Waals surface area contributed by atoms with Crippen molar-refractivity contribution in [2.75, 3.05) is 47.2 Å². The number of methoxy groups -OCH3 is 2. The molecule has 3 aliphatic heterocycles. The molecular formula is C109H124BrN7O30. The standard InChI is InChI=1S/2C36H40N2O10.C30H30N2O8.C7H14BrNO2/c1-21-16-29(40)31(38(5)34(43)46-20-22-10-8-7-9-11-22)24-13-14-28(39)25(19-24)26-17-23(18-27(33(42)45-6)37-32(21)41)12-15-30(26)47-35(44)48-36(2,3)4;1-21-16-29(40)31(38(5)34(43)46-20-22-10-8-7-9-11-22)24-13-15-30(47-35(44)48-36(2,3)4)26(19-24)25-17-23(12-14-28(25)39)18-27(33(42)45-6)37-32(21)41;1-17-12-26(35)27(32(2)30(39)40-16-18-6-4-3-5-7-18)20-9-11-25(34)22(15-20)21-13-19(8-10-24(21)33)14-23(29(37)38)31-28(17)36;1-7(2,3)11-6(10)9-5-4-8/h2*7-15,17,19,21,27,31,39H,16,18,20H2,1-6H3,(H,37,41);3-11,13,15,17,23,27,33-34H,12,14,16H2,1-2H3,(H,31,36)(H,37,38);4-5H2,1-3H3,(H,9,10)/t2*21-,27+,31+;17-,23+,27+;/m111./s1. The highest BCUT2D eigenvalue weighted by Crippen LogP contribution is 2.45. The molecule has 9 aromatic carbocycles. The highest BCUT2D eigenvalue weighted by molar-refractivity contribution is 9.09. The fourth-order valence-corrected chi connectivity index (χ4v) is 15.8. The van der Waals surface area contributed by atoms with Gasteiger partial charge in [-0.1, -0.05) is 164 Å². The van der Waals surface area contributed by atoms with E-state index in [-0.39, 0.29) is 132 Å². The Balaban J connectivity index is 0.000000233. The van der Waals surface area contributed by atoms with Crippen LogP contribution in [0.3, 0.4) is 0 Å². The number of esters is 2. The molecule has 9 N–H and O–H groups in total. The second-order valence-electron chi connectivity index (χ2n) is 38.1. The van der Waals surface area contributed by atoms with Gasteiger partial charge in [-0.3, -0.25) is 43.5 Å². The number of likely N-dealkylation sites (N-methyl/N-ethyl adjacent to an activating group) is 3. The zero-order valence-corrected chi connectivity index (χ0v) is 86.3. The summed E-state index contributed by atoms with van der Waals surface area (Å²) < 4.78 is 53.2. The first kappa shape index (κ1) is 115. The molecule has 3 aliphatic rings. The SMILES string of the molecule is CC(C)(C)OC(=O)NCCBr.COC(=O)[C@@H]1Cc2ccc(O)c(c2)-c2cc(ccc2OC(=O)OC(C)(C)C)[C@H](N(C)C(=O)OCc2ccccc2)C(=O)C[C@@H](C)C(=O)N1.COC(=O)[C@@H]1Cc2ccc(OC(=O)OC(C)(C)C)c(c2)-c2cc(ccc2O)[C@H](N(C)C(=O)OCc2ccccc2)C(=O)C[C@@H](C)C(=O)N1.C[C@@H]1CC(=O)[C@@H](N(C)C(=O)OCc2ccccc2)c2ccc(O)c(c2)-c2cc(ccc2O)C[C@@H](C(=O)O)NC1=O. The van der Waals surface area contributed by atoms with Crippen molar-refractivity contribution in [3.63, 3.8) is 0 Å². The Morgan fingerprint density at radius 3 is 0.986 bits per heavy atom. The molecule has 12 rings (SSSR count). The maximum Gasteiger partial charge on any atom is 0.514 e. The van der Waals surface area contributed by atoms with Gasteiger partial charge in [0.15, 0.2) is 17.3 Å². The van der Waals surface area contributed by atoms with Gasteiger partial charge in [0.1, 0.15) is 107 Å². The zero-order chi connectivity index (χ0) is 108. The van der Waals surface area contributed by atoms with Gasteiger partial charge in [-0.2, -0.15) is 0 Å². The van der Waals surface area contributed by atoms with E-state index in [1.807, 2.05) is 39.0 Å². The topological polar surface area (TPSA) is 507 Å². The summed E-state index contributed by atoms with van der Waals surface area (Å²) in [5.41, 5.74) is 3.74. The van der Waals surface area contributed by atoms with Crippen molar-refractivity contribution in [1.82, 2.24) is 36.0 Å². The highest BCUT2D eigenvalue weighted by Gasteiger charge is 2.40. The molecule has 0 radical (unpaired) electrons. The van der Waals surface area contributed by atoms with Crippen molar-refractivity contribution in [3.8, 4) is 67.9 Å². The molecule has 0 spiro atoms. The zero-order valence-electron chi connectivity index (χ0n) is 84.7. The average Bonchev–Trinajstić information content (AvgIpc) is 0.785. The summed E-state index contributed by atoms with van der Waals surface area (Å²) in [6, 6.07) is 46.6. The van der Waals surface area contributed by atoms with Crippen LogP contribution in [0.4, 0.5) is 28.8 Å². The number of benzene rings is 9. The fraction of sp³-hybridized carbons (Fsp3) is 0.367. The van der Waals surface area contributed by atoms with E-state index in [9.17, 15) is 97.5 Å². The number of alkyl carbamates (subject to hydrolysis) is 1. The molecular weight excluding hydrogens is 1970 g/mol. The second-order valence-corrected chi connectivity index (χ2v) is 38.9. The van der Waals surface area contributed by atoms with E-state index in [4.69, 9.17) is 47.4 Å². The summed E-state index contributed by atoms with van der Waals surface area (Å²) in [4.78, 5) is 198. The number of carbonyl (C=O) groups excluding carboxylic acids is 14. The normalized spacial score (nSPS) is 17.9. The number of hydrogen-bond acceptors (Lipinski definition) is 29. The number of hydrogen-bond donors (Lipinski definition) is 9. The van der Waals surface area contributed by atoms with E-state index in [2.05, 4.69) is 37.2 Å². The van der Waals surface area contributed by atoms with Gasteiger partial charge in [-0.15, -0.1) is 0 Å². The Morgan fingerprint density at radius 1 is 0.374 bits per heavy atom. The molecule has 3 heterocycles. The molecule has 7 amide bonds. The van der Waals surface area contributed by atoms with Crippen LogP contribution in [0.5, 0.6) is 34.5 Å². The number of amides is 7. The van der Waals surface area contributed by atoms with E-state index in [0.29, 0.717) is 39.9 Å². The third-order valence-corrected chi connectivity index (χ3v) is 23.3. The maximum absolute atomic E-state index is 14.0. The van der Waals surface area contributed by atoms with E-state index >= 15 is 0 Å². The van der Waals surface area contributed by atoms with Crippen LogP contribution >= 0.6 is 15.9 Å². The van der Waals surface area contributed by atoms with Gasteiger partial charge in [-0.25, -0.2) is 43.2 Å². The number of carboxylic acid groups (broad SMARTS) is 1. The first-order valence-corrected chi connectivity index (χ1v) is 48.1. The molecule has 0 saturated carbocycles. The van der Waals surface area contributed by atoms with Crippen LogP contribution in [0.25, 0.3) is 33.4 Å². The van der Waals surface area contributed by atoms with Crippen molar-refractivity contribution >= 4 is 106 Å². The van der Waals surface area contributed by atoms with Gasteiger partial charge in [0.25, 0.3) is 0 Å². The first-order valence-electron chi connectivity index (χ1n) is 46.9. The van der Waals surface area contributed by atoms with Crippen molar-refractivity contribution in [1.29, 1.82) is 0 Å². The number of nitrogens with zero attached hydrogens (tertiary/aromatic N) is 3. The molecule has 0 aliphatic carbocycles. The van der Waals surface area contributed by atoms with Crippen LogP contribution < -0.4 is 30.7 Å². The molecule has 782 valence electrons. The van der Waals surface area contributed by atoms with Gasteiger partial charge in [0.05, 0.1) is 14.2 Å². The Morgan fingerprint density at radius 2 is 0.653 bits per heavy atom. The number of aromatic hydroxyl groups is 4. The summed E-state index contributed by atoms with van der Waals surface area (Å²) >= 11 is 3.19. The third-order valence-electron chi connectivity index (χ3n) is 22.9. The Kier molecular flexibility index (Phi) is 40.6. The number of rotatable bonds is 16. The molecule has 0 unspecified atom stereocenters. The van der Waals surface area contributed by atoms with E-state index in [0.717, 1.165) is 36.7 Å². The smallest absolute Gasteiger partial charge is 0.507 e. The molecule has 38 heteroatoms. The largest absolute Gasteiger partial charge is 0.514 e. The Bertz CT molecular complexity index is 6260. The summed E-state index contributed by atoms with van der Waals surface area (Å²) in [5, 5.41) is 64.3. The van der Waals surface area contributed by atoms with E-state index in [1.165, 1.54) is 127 Å².